The van der Waals surface area contributed by atoms with Crippen LogP contribution in [0.2, 0.25) is 0 Å². The summed E-state index contributed by atoms with van der Waals surface area (Å²) < 4.78 is 0. The molecule has 2 aliphatic heterocycles. The molecule has 0 N–H and O–H groups in total. The molecule has 3 heteroatoms. The maximum absolute atomic E-state index is 2.78. The van der Waals surface area contributed by atoms with Crippen LogP contribution in [-0.4, -0.2) is 73.6 Å². The van der Waals surface area contributed by atoms with Gasteiger partial charge in [0.15, 0.2) is 0 Å². The van der Waals surface area contributed by atoms with Gasteiger partial charge in [0.05, 0.1) is 0 Å². The summed E-state index contributed by atoms with van der Waals surface area (Å²) >= 11 is 0. The van der Waals surface area contributed by atoms with Crippen molar-refractivity contribution in [3.63, 3.8) is 0 Å². The molecule has 2 heterocycles. The Morgan fingerprint density at radius 3 is 2.32 bits per heavy atom. The normalized spacial score (nSPS) is 31.3. The van der Waals surface area contributed by atoms with Crippen LogP contribution in [0.4, 0.5) is 0 Å². The first kappa shape index (κ1) is 13.8. The van der Waals surface area contributed by atoms with Crippen LogP contribution in [0.5, 0.6) is 0 Å². The molecule has 0 aromatic carbocycles. The van der Waals surface area contributed by atoms with Crippen molar-refractivity contribution < 1.29 is 0 Å². The minimum absolute atomic E-state index is 0.733. The molecule has 1 atom stereocenters. The minimum Gasteiger partial charge on any atom is -0.304 e. The lowest BCUT2D eigenvalue weighted by Gasteiger charge is -2.36. The van der Waals surface area contributed by atoms with E-state index >= 15 is 0 Å². The SMILES string of the molecule is C[C@@H](CN1CCN(C)CC1)N1CCC2(CCCC2)C1. The van der Waals surface area contributed by atoms with Crippen LogP contribution in [-0.2, 0) is 0 Å². The Morgan fingerprint density at radius 1 is 0.947 bits per heavy atom. The predicted octanol–water partition coefficient (Wildman–Crippen LogP) is 1.89. The highest BCUT2D eigenvalue weighted by molar-refractivity contribution is 4.95. The molecule has 2 saturated heterocycles. The third-order valence-electron chi connectivity index (χ3n) is 5.87. The van der Waals surface area contributed by atoms with Crippen LogP contribution in [0.1, 0.15) is 39.0 Å². The Labute approximate surface area is 118 Å². The van der Waals surface area contributed by atoms with Gasteiger partial charge in [-0.1, -0.05) is 12.8 Å². The van der Waals surface area contributed by atoms with E-state index in [9.17, 15) is 0 Å². The second kappa shape index (κ2) is 5.71. The summed E-state index contributed by atoms with van der Waals surface area (Å²) in [5, 5.41) is 0. The fourth-order valence-electron chi connectivity index (χ4n) is 4.40. The first-order chi connectivity index (χ1) is 9.17. The number of likely N-dealkylation sites (N-methyl/N-ethyl adjacent to an activating group) is 1. The molecule has 1 saturated carbocycles. The Hall–Kier alpha value is -0.120. The van der Waals surface area contributed by atoms with Crippen molar-refractivity contribution in [2.45, 2.75) is 45.1 Å². The zero-order valence-electron chi connectivity index (χ0n) is 12.9. The monoisotopic (exact) mass is 265 g/mol. The second-order valence-electron chi connectivity index (χ2n) is 7.38. The third-order valence-corrected chi connectivity index (χ3v) is 5.87. The number of rotatable bonds is 3. The van der Waals surface area contributed by atoms with Crippen molar-refractivity contribution in [2.75, 3.05) is 52.9 Å². The van der Waals surface area contributed by atoms with Gasteiger partial charge in [0, 0.05) is 45.3 Å². The van der Waals surface area contributed by atoms with Gasteiger partial charge in [0.25, 0.3) is 0 Å². The Balaban J connectivity index is 1.47. The Bertz CT molecular complexity index is 290. The first-order valence-corrected chi connectivity index (χ1v) is 8.32. The third kappa shape index (κ3) is 3.14. The molecule has 0 bridgehead atoms. The van der Waals surface area contributed by atoms with E-state index in [2.05, 4.69) is 28.7 Å². The maximum atomic E-state index is 2.78. The van der Waals surface area contributed by atoms with Crippen LogP contribution in [0.15, 0.2) is 0 Å². The average molecular weight is 265 g/mol. The fourth-order valence-corrected chi connectivity index (χ4v) is 4.40. The van der Waals surface area contributed by atoms with Crippen LogP contribution in [0.3, 0.4) is 0 Å². The number of nitrogens with zero attached hydrogens (tertiary/aromatic N) is 3. The molecule has 3 nitrogen and oxygen atoms in total. The highest BCUT2D eigenvalue weighted by Crippen LogP contribution is 2.45. The van der Waals surface area contributed by atoms with Gasteiger partial charge < -0.3 is 4.90 Å². The molecule has 0 unspecified atom stereocenters. The van der Waals surface area contributed by atoms with Gasteiger partial charge >= 0.3 is 0 Å². The van der Waals surface area contributed by atoms with E-state index in [1.54, 1.807) is 0 Å². The fraction of sp³-hybridized carbons (Fsp3) is 1.00. The van der Waals surface area contributed by atoms with Gasteiger partial charge in [0.1, 0.15) is 0 Å². The Morgan fingerprint density at radius 2 is 1.63 bits per heavy atom. The van der Waals surface area contributed by atoms with Crippen molar-refractivity contribution in [2.24, 2.45) is 5.41 Å². The first-order valence-electron chi connectivity index (χ1n) is 8.32. The number of likely N-dealkylation sites (tertiary alicyclic amines) is 1. The smallest absolute Gasteiger partial charge is 0.0195 e. The minimum atomic E-state index is 0.733. The van der Waals surface area contributed by atoms with Crippen molar-refractivity contribution in [3.8, 4) is 0 Å². The van der Waals surface area contributed by atoms with Crippen LogP contribution in [0.25, 0.3) is 0 Å². The number of hydrogen-bond donors (Lipinski definition) is 0. The van der Waals surface area contributed by atoms with Gasteiger partial charge in [-0.05, 0) is 45.2 Å². The summed E-state index contributed by atoms with van der Waals surface area (Å²) in [7, 11) is 2.24. The number of hydrogen-bond acceptors (Lipinski definition) is 3. The lowest BCUT2D eigenvalue weighted by molar-refractivity contribution is 0.110. The summed E-state index contributed by atoms with van der Waals surface area (Å²) in [6.07, 6.45) is 7.46. The maximum Gasteiger partial charge on any atom is 0.0195 e. The second-order valence-corrected chi connectivity index (χ2v) is 7.38. The molecule has 110 valence electrons. The van der Waals surface area contributed by atoms with Crippen molar-refractivity contribution in [1.82, 2.24) is 14.7 Å². The van der Waals surface area contributed by atoms with Crippen LogP contribution >= 0.6 is 0 Å². The molecule has 1 aliphatic carbocycles. The van der Waals surface area contributed by atoms with Crippen molar-refractivity contribution in [1.29, 1.82) is 0 Å². The highest BCUT2D eigenvalue weighted by atomic mass is 15.3. The Kier molecular flexibility index (Phi) is 4.16. The molecule has 19 heavy (non-hydrogen) atoms. The summed E-state index contributed by atoms with van der Waals surface area (Å²) in [6.45, 7) is 11.5. The average Bonchev–Trinajstić information content (AvgIpc) is 3.03. The predicted molar refractivity (Wildman–Crippen MR) is 80.5 cm³/mol. The molecule has 0 aromatic heterocycles. The zero-order valence-corrected chi connectivity index (χ0v) is 12.9. The molecule has 3 aliphatic rings. The van der Waals surface area contributed by atoms with E-state index in [4.69, 9.17) is 0 Å². The van der Waals surface area contributed by atoms with Gasteiger partial charge in [-0.25, -0.2) is 0 Å². The highest BCUT2D eigenvalue weighted by Gasteiger charge is 2.41. The lowest BCUT2D eigenvalue weighted by Crippen LogP contribution is -2.49. The van der Waals surface area contributed by atoms with E-state index in [0.29, 0.717) is 0 Å². The summed E-state index contributed by atoms with van der Waals surface area (Å²) in [5.41, 5.74) is 0.733. The van der Waals surface area contributed by atoms with Gasteiger partial charge in [-0.15, -0.1) is 0 Å². The van der Waals surface area contributed by atoms with E-state index in [1.807, 2.05) is 0 Å². The van der Waals surface area contributed by atoms with Crippen molar-refractivity contribution >= 4 is 0 Å². The van der Waals surface area contributed by atoms with E-state index in [1.165, 1.54) is 77.9 Å². The molecule has 3 rings (SSSR count). The topological polar surface area (TPSA) is 9.72 Å². The van der Waals surface area contributed by atoms with Gasteiger partial charge in [-0.2, -0.15) is 0 Å². The molecule has 0 amide bonds. The van der Waals surface area contributed by atoms with Gasteiger partial charge in [0.2, 0.25) is 0 Å². The molecule has 0 radical (unpaired) electrons. The standard InChI is InChI=1S/C16H31N3/c1-15(13-18-11-9-17(2)10-12-18)19-8-7-16(14-19)5-3-4-6-16/h15H,3-14H2,1-2H3/t15-/m0/s1. The van der Waals surface area contributed by atoms with E-state index < -0.39 is 0 Å². The number of piperazine rings is 1. The molecular weight excluding hydrogens is 234 g/mol. The van der Waals surface area contributed by atoms with Crippen molar-refractivity contribution in [3.05, 3.63) is 0 Å². The summed E-state index contributed by atoms with van der Waals surface area (Å²) in [4.78, 5) is 7.90. The van der Waals surface area contributed by atoms with E-state index in [0.717, 1.165) is 11.5 Å². The van der Waals surface area contributed by atoms with Crippen LogP contribution < -0.4 is 0 Å². The van der Waals surface area contributed by atoms with Crippen LogP contribution in [0, 0.1) is 5.41 Å². The largest absolute Gasteiger partial charge is 0.304 e. The van der Waals surface area contributed by atoms with Gasteiger partial charge in [-0.3, -0.25) is 9.80 Å². The quantitative estimate of drug-likeness (QED) is 0.771. The zero-order chi connectivity index (χ0) is 13.3. The molecular formula is C16H31N3. The van der Waals surface area contributed by atoms with E-state index in [-0.39, 0.29) is 0 Å². The molecule has 3 fully saturated rings. The molecule has 1 spiro atoms. The summed E-state index contributed by atoms with van der Waals surface area (Å²) in [6, 6.07) is 0.753. The lowest BCUT2D eigenvalue weighted by atomic mass is 9.86. The molecule has 0 aromatic rings. The summed E-state index contributed by atoms with van der Waals surface area (Å²) in [5.74, 6) is 0.